The van der Waals surface area contributed by atoms with Gasteiger partial charge < -0.3 is 15.4 Å². The second-order valence-electron chi connectivity index (χ2n) is 4.44. The minimum Gasteiger partial charge on any atom is -0.496 e. The Morgan fingerprint density at radius 1 is 1.41 bits per heavy atom. The summed E-state index contributed by atoms with van der Waals surface area (Å²) in [7, 11) is 5.81. The van der Waals surface area contributed by atoms with Gasteiger partial charge in [-0.1, -0.05) is 22.9 Å². The predicted octanol–water partition coefficient (Wildman–Crippen LogP) is 2.45. The first kappa shape index (κ1) is 14.5. The largest absolute Gasteiger partial charge is 0.496 e. The number of halogens is 1. The first-order valence-corrected chi connectivity index (χ1v) is 6.50. The van der Waals surface area contributed by atoms with Crippen molar-refractivity contribution in [3.8, 4) is 5.75 Å². The normalized spacial score (nSPS) is 14.8. The van der Waals surface area contributed by atoms with Gasteiger partial charge in [0.05, 0.1) is 7.11 Å². The van der Waals surface area contributed by atoms with Crippen LogP contribution in [0, 0.1) is 0 Å². The smallest absolute Gasteiger partial charge is 0.122 e. The minimum absolute atomic E-state index is 0.304. The number of likely N-dealkylation sites (N-methyl/N-ethyl adjacent to an activating group) is 1. The van der Waals surface area contributed by atoms with Crippen molar-refractivity contribution in [2.75, 3.05) is 27.7 Å². The Hall–Kier alpha value is -0.580. The Labute approximate surface area is 112 Å². The van der Waals surface area contributed by atoms with Gasteiger partial charge in [0.15, 0.2) is 0 Å². The summed E-state index contributed by atoms with van der Waals surface area (Å²) in [6.07, 6.45) is 0. The molecule has 0 saturated carbocycles. The van der Waals surface area contributed by atoms with Gasteiger partial charge in [0.25, 0.3) is 0 Å². The average Bonchev–Trinajstić information content (AvgIpc) is 2.29. The van der Waals surface area contributed by atoms with E-state index in [-0.39, 0.29) is 0 Å². The molecule has 0 aliphatic rings. The molecule has 4 heteroatoms. The summed E-state index contributed by atoms with van der Waals surface area (Å²) in [6, 6.07) is 6.38. The molecule has 0 radical (unpaired) electrons. The maximum Gasteiger partial charge on any atom is 0.122 e. The molecular weight excluding hydrogens is 280 g/mol. The lowest BCUT2D eigenvalue weighted by atomic mass is 9.92. The highest BCUT2D eigenvalue weighted by Gasteiger charge is 2.22. The third-order valence-electron chi connectivity index (χ3n) is 3.16. The zero-order valence-electron chi connectivity index (χ0n) is 10.9. The van der Waals surface area contributed by atoms with Crippen LogP contribution in [0.25, 0.3) is 0 Å². The van der Waals surface area contributed by atoms with Crippen LogP contribution in [0.1, 0.15) is 18.4 Å². The molecule has 2 N–H and O–H groups in total. The van der Waals surface area contributed by atoms with Gasteiger partial charge in [-0.25, -0.2) is 0 Å². The van der Waals surface area contributed by atoms with E-state index in [0.717, 1.165) is 10.2 Å². The van der Waals surface area contributed by atoms with E-state index in [0.29, 0.717) is 18.5 Å². The van der Waals surface area contributed by atoms with Crippen LogP contribution in [-0.4, -0.2) is 38.7 Å². The van der Waals surface area contributed by atoms with Crippen LogP contribution in [0.2, 0.25) is 0 Å². The van der Waals surface area contributed by atoms with Crippen molar-refractivity contribution in [1.82, 2.24) is 4.90 Å². The number of nitrogens with two attached hydrogens (primary N) is 1. The van der Waals surface area contributed by atoms with Crippen molar-refractivity contribution < 1.29 is 4.74 Å². The van der Waals surface area contributed by atoms with Crippen LogP contribution >= 0.6 is 15.9 Å². The maximum absolute atomic E-state index is 5.85. The standard InChI is InChI=1S/C13H21BrN2O/c1-9(12(8-15)16(2)3)11-7-10(14)5-6-13(11)17-4/h5-7,9,12H,8,15H2,1-4H3. The van der Waals surface area contributed by atoms with E-state index in [4.69, 9.17) is 10.5 Å². The number of rotatable bonds is 5. The summed E-state index contributed by atoms with van der Waals surface area (Å²) in [6.45, 7) is 2.81. The number of benzene rings is 1. The second kappa shape index (κ2) is 6.38. The molecule has 0 fully saturated rings. The van der Waals surface area contributed by atoms with Gasteiger partial charge in [-0.2, -0.15) is 0 Å². The molecule has 1 rings (SSSR count). The molecule has 96 valence electrons. The van der Waals surface area contributed by atoms with Crippen LogP contribution in [0.15, 0.2) is 22.7 Å². The minimum atomic E-state index is 0.304. The number of hydrogen-bond acceptors (Lipinski definition) is 3. The Balaban J connectivity index is 3.08. The van der Waals surface area contributed by atoms with E-state index in [1.165, 1.54) is 5.56 Å². The van der Waals surface area contributed by atoms with E-state index >= 15 is 0 Å². The topological polar surface area (TPSA) is 38.5 Å². The molecule has 0 saturated heterocycles. The number of nitrogens with zero attached hydrogens (tertiary/aromatic N) is 1. The summed E-state index contributed by atoms with van der Waals surface area (Å²) in [4.78, 5) is 2.16. The van der Waals surface area contributed by atoms with Crippen molar-refractivity contribution in [3.05, 3.63) is 28.2 Å². The monoisotopic (exact) mass is 300 g/mol. The zero-order chi connectivity index (χ0) is 13.0. The number of hydrogen-bond donors (Lipinski definition) is 1. The van der Waals surface area contributed by atoms with Gasteiger partial charge in [0, 0.05) is 23.0 Å². The molecule has 0 spiro atoms. The highest BCUT2D eigenvalue weighted by molar-refractivity contribution is 9.10. The van der Waals surface area contributed by atoms with Crippen molar-refractivity contribution >= 4 is 15.9 Å². The van der Waals surface area contributed by atoms with Crippen LogP contribution in [-0.2, 0) is 0 Å². The van der Waals surface area contributed by atoms with Crippen molar-refractivity contribution in [2.24, 2.45) is 5.73 Å². The molecular formula is C13H21BrN2O. The quantitative estimate of drug-likeness (QED) is 0.908. The zero-order valence-corrected chi connectivity index (χ0v) is 12.5. The van der Waals surface area contributed by atoms with Gasteiger partial charge in [0.1, 0.15) is 5.75 Å². The Morgan fingerprint density at radius 3 is 2.53 bits per heavy atom. The van der Waals surface area contributed by atoms with Gasteiger partial charge >= 0.3 is 0 Å². The fourth-order valence-corrected chi connectivity index (χ4v) is 2.51. The van der Waals surface area contributed by atoms with Gasteiger partial charge in [-0.15, -0.1) is 0 Å². The summed E-state index contributed by atoms with van der Waals surface area (Å²) in [5, 5.41) is 0. The average molecular weight is 301 g/mol. The van der Waals surface area contributed by atoms with Crippen LogP contribution < -0.4 is 10.5 Å². The van der Waals surface area contributed by atoms with Gasteiger partial charge in [-0.3, -0.25) is 0 Å². The highest BCUT2D eigenvalue weighted by Crippen LogP contribution is 2.32. The predicted molar refractivity (Wildman–Crippen MR) is 75.6 cm³/mol. The molecule has 2 atom stereocenters. The van der Waals surface area contributed by atoms with Crippen LogP contribution in [0.4, 0.5) is 0 Å². The Bertz CT molecular complexity index is 368. The molecule has 1 aromatic rings. The molecule has 3 nitrogen and oxygen atoms in total. The molecule has 0 amide bonds. The van der Waals surface area contributed by atoms with Crippen molar-refractivity contribution in [2.45, 2.75) is 18.9 Å². The number of ether oxygens (including phenoxy) is 1. The lowest BCUT2D eigenvalue weighted by Gasteiger charge is -2.30. The van der Waals surface area contributed by atoms with E-state index in [9.17, 15) is 0 Å². The summed E-state index contributed by atoms with van der Waals surface area (Å²) in [5.74, 6) is 1.24. The van der Waals surface area contributed by atoms with Crippen molar-refractivity contribution in [1.29, 1.82) is 0 Å². The first-order chi connectivity index (χ1) is 8.01. The fraction of sp³-hybridized carbons (Fsp3) is 0.538. The number of methoxy groups -OCH3 is 1. The van der Waals surface area contributed by atoms with Gasteiger partial charge in [0.2, 0.25) is 0 Å². The van der Waals surface area contributed by atoms with Crippen LogP contribution in [0.5, 0.6) is 5.75 Å². The van der Waals surface area contributed by atoms with E-state index in [2.05, 4.69) is 47.9 Å². The van der Waals surface area contributed by atoms with E-state index < -0.39 is 0 Å². The van der Waals surface area contributed by atoms with Crippen LogP contribution in [0.3, 0.4) is 0 Å². The molecule has 17 heavy (non-hydrogen) atoms. The SMILES string of the molecule is COc1ccc(Br)cc1C(C)C(CN)N(C)C. The summed E-state index contributed by atoms with van der Waals surface area (Å²) < 4.78 is 6.48. The molecule has 0 bridgehead atoms. The molecule has 0 aromatic heterocycles. The molecule has 2 unspecified atom stereocenters. The molecule has 0 aliphatic carbocycles. The Morgan fingerprint density at radius 2 is 2.06 bits per heavy atom. The summed E-state index contributed by atoms with van der Waals surface area (Å²) >= 11 is 3.50. The third-order valence-corrected chi connectivity index (χ3v) is 3.66. The lowest BCUT2D eigenvalue weighted by Crippen LogP contribution is -2.39. The maximum atomic E-state index is 5.85. The van der Waals surface area contributed by atoms with E-state index in [1.807, 2.05) is 12.1 Å². The second-order valence-corrected chi connectivity index (χ2v) is 5.36. The van der Waals surface area contributed by atoms with Crippen molar-refractivity contribution in [3.63, 3.8) is 0 Å². The lowest BCUT2D eigenvalue weighted by molar-refractivity contribution is 0.263. The Kier molecular flexibility index (Phi) is 5.43. The van der Waals surface area contributed by atoms with E-state index in [1.54, 1.807) is 7.11 Å². The molecule has 0 aliphatic heterocycles. The third kappa shape index (κ3) is 3.44. The molecule has 0 heterocycles. The molecule has 1 aromatic carbocycles. The fourth-order valence-electron chi connectivity index (χ4n) is 2.13. The van der Waals surface area contributed by atoms with Gasteiger partial charge in [-0.05, 0) is 37.9 Å². The summed E-state index contributed by atoms with van der Waals surface area (Å²) in [5.41, 5.74) is 7.03. The highest BCUT2D eigenvalue weighted by atomic mass is 79.9. The first-order valence-electron chi connectivity index (χ1n) is 5.71.